The van der Waals surface area contributed by atoms with Gasteiger partial charge in [-0.2, -0.15) is 0 Å². The molecule has 2 saturated heterocycles. The highest BCUT2D eigenvalue weighted by Gasteiger charge is 2.30. The van der Waals surface area contributed by atoms with Gasteiger partial charge in [-0.05, 0) is 61.9 Å². The molecule has 1 aromatic heterocycles. The van der Waals surface area contributed by atoms with Crippen molar-refractivity contribution in [2.45, 2.75) is 59.4 Å². The highest BCUT2D eigenvalue weighted by Crippen LogP contribution is 2.43. The van der Waals surface area contributed by atoms with Crippen molar-refractivity contribution in [3.63, 3.8) is 0 Å². The monoisotopic (exact) mass is 423 g/mol. The highest BCUT2D eigenvalue weighted by atomic mass is 32.1. The molecule has 2 fully saturated rings. The van der Waals surface area contributed by atoms with Gasteiger partial charge in [-0.1, -0.05) is 39.3 Å². The first-order valence-corrected chi connectivity index (χ1v) is 12.7. The summed E-state index contributed by atoms with van der Waals surface area (Å²) in [6.07, 6.45) is 7.75. The number of hydrogen-bond donors (Lipinski definition) is 1. The fraction of sp³-hybridized carbons (Fsp3) is 0.538. The van der Waals surface area contributed by atoms with Crippen LogP contribution in [-0.4, -0.2) is 31.1 Å². The molecule has 0 saturated carbocycles. The lowest BCUT2D eigenvalue weighted by Crippen LogP contribution is -2.24. The van der Waals surface area contributed by atoms with Gasteiger partial charge in [0.25, 0.3) is 0 Å². The van der Waals surface area contributed by atoms with E-state index in [2.05, 4.69) is 65.4 Å². The van der Waals surface area contributed by atoms with Crippen LogP contribution in [0.1, 0.15) is 67.8 Å². The first-order valence-electron chi connectivity index (χ1n) is 11.9. The molecule has 0 spiro atoms. The number of rotatable bonds is 4. The summed E-state index contributed by atoms with van der Waals surface area (Å²) in [6, 6.07) is 11.8. The van der Waals surface area contributed by atoms with E-state index in [4.69, 9.17) is 0 Å². The number of anilines is 2. The van der Waals surface area contributed by atoms with Crippen molar-refractivity contribution in [3.05, 3.63) is 51.7 Å². The molecule has 2 unspecified atom stereocenters. The zero-order valence-electron chi connectivity index (χ0n) is 19.1. The first kappa shape index (κ1) is 21.3. The van der Waals surface area contributed by atoms with Crippen molar-refractivity contribution in [1.82, 2.24) is 4.90 Å². The van der Waals surface area contributed by atoms with Crippen LogP contribution in [0, 0.1) is 12.8 Å². The molecule has 3 aliphatic rings. The van der Waals surface area contributed by atoms with Gasteiger partial charge in [-0.3, -0.25) is 0 Å². The average molecular weight is 424 g/mol. The normalized spacial score (nSPS) is 22.9. The largest absolute Gasteiger partial charge is 0.373 e. The summed E-state index contributed by atoms with van der Waals surface area (Å²) >= 11 is 1.93. The Morgan fingerprint density at radius 2 is 1.77 bits per heavy atom. The molecule has 0 amide bonds. The van der Waals surface area contributed by atoms with Crippen molar-refractivity contribution >= 4 is 28.4 Å². The second kappa shape index (κ2) is 9.47. The van der Waals surface area contributed by atoms with Crippen LogP contribution in [0.2, 0.25) is 0 Å². The lowest BCUT2D eigenvalue weighted by Gasteiger charge is -2.30. The maximum absolute atomic E-state index is 3.80. The molecule has 1 aromatic carbocycles. The molecule has 2 aromatic rings. The third-order valence-electron chi connectivity index (χ3n) is 6.65. The summed E-state index contributed by atoms with van der Waals surface area (Å²) in [5.74, 6) is 0.846. The van der Waals surface area contributed by atoms with Crippen LogP contribution < -0.4 is 10.2 Å². The SMILES string of the molecule is CC.CCC1CCN(C2=CC(c3ccc(N4CCCC4)cc3)Nc3cc(C)sc32)C1. The van der Waals surface area contributed by atoms with Crippen molar-refractivity contribution in [1.29, 1.82) is 0 Å². The smallest absolute Gasteiger partial charge is 0.0736 e. The number of benzene rings is 1. The third-order valence-corrected chi connectivity index (χ3v) is 7.72. The van der Waals surface area contributed by atoms with Gasteiger partial charge in [-0.25, -0.2) is 0 Å². The zero-order valence-corrected chi connectivity index (χ0v) is 19.9. The number of likely N-dealkylation sites (tertiary alicyclic amines) is 1. The van der Waals surface area contributed by atoms with Crippen molar-refractivity contribution in [2.75, 3.05) is 36.4 Å². The number of aryl methyl sites for hydroxylation is 1. The van der Waals surface area contributed by atoms with E-state index in [1.165, 1.54) is 84.3 Å². The van der Waals surface area contributed by atoms with E-state index in [1.54, 1.807) is 0 Å². The summed E-state index contributed by atoms with van der Waals surface area (Å²) in [5, 5.41) is 3.80. The van der Waals surface area contributed by atoms with Gasteiger partial charge >= 0.3 is 0 Å². The molecule has 30 heavy (non-hydrogen) atoms. The Kier molecular flexibility index (Phi) is 6.72. The summed E-state index contributed by atoms with van der Waals surface area (Å²) < 4.78 is 0. The quantitative estimate of drug-likeness (QED) is 0.575. The lowest BCUT2D eigenvalue weighted by molar-refractivity contribution is 0.452. The van der Waals surface area contributed by atoms with E-state index in [0.717, 1.165) is 5.92 Å². The lowest BCUT2D eigenvalue weighted by atomic mass is 10.0. The standard InChI is InChI=1S/C24H31N3S.C2H6/c1-3-18-10-13-27(16-18)23-15-21(25-22-14-17(2)28-24(22)23)19-6-8-20(9-7-19)26-11-4-5-12-26;1-2/h6-9,14-15,18,21,25H,3-5,10-13,16H2,1-2H3;1-2H3. The fourth-order valence-electron chi connectivity index (χ4n) is 4.94. The summed E-state index contributed by atoms with van der Waals surface area (Å²) in [6.45, 7) is 13.4. The Morgan fingerprint density at radius 1 is 1.03 bits per heavy atom. The molecular weight excluding hydrogens is 386 g/mol. The second-order valence-corrected chi connectivity index (χ2v) is 9.82. The average Bonchev–Trinajstić information content (AvgIpc) is 3.54. The Balaban J connectivity index is 0.00000106. The number of nitrogens with zero attached hydrogens (tertiary/aromatic N) is 2. The van der Waals surface area contributed by atoms with Crippen LogP contribution in [0.25, 0.3) is 5.70 Å². The molecule has 162 valence electrons. The molecule has 1 N–H and O–H groups in total. The van der Waals surface area contributed by atoms with E-state index < -0.39 is 0 Å². The van der Waals surface area contributed by atoms with Crippen molar-refractivity contribution in [2.24, 2.45) is 5.92 Å². The van der Waals surface area contributed by atoms with E-state index in [0.29, 0.717) is 0 Å². The van der Waals surface area contributed by atoms with Gasteiger partial charge in [0.15, 0.2) is 0 Å². The van der Waals surface area contributed by atoms with Crippen molar-refractivity contribution < 1.29 is 0 Å². The van der Waals surface area contributed by atoms with E-state index in [-0.39, 0.29) is 6.04 Å². The number of hydrogen-bond acceptors (Lipinski definition) is 4. The fourth-order valence-corrected chi connectivity index (χ4v) is 5.96. The van der Waals surface area contributed by atoms with Crippen LogP contribution in [0.5, 0.6) is 0 Å². The van der Waals surface area contributed by atoms with Gasteiger partial charge in [0.2, 0.25) is 0 Å². The Morgan fingerprint density at radius 3 is 2.43 bits per heavy atom. The second-order valence-electron chi connectivity index (χ2n) is 8.57. The van der Waals surface area contributed by atoms with Crippen LogP contribution in [-0.2, 0) is 0 Å². The molecule has 3 aliphatic heterocycles. The van der Waals surface area contributed by atoms with Crippen LogP contribution in [0.4, 0.5) is 11.4 Å². The Bertz CT molecular complexity index is 861. The van der Waals surface area contributed by atoms with Crippen LogP contribution in [0.15, 0.2) is 36.4 Å². The summed E-state index contributed by atoms with van der Waals surface area (Å²) in [4.78, 5) is 7.96. The van der Waals surface area contributed by atoms with E-state index >= 15 is 0 Å². The molecule has 5 rings (SSSR count). The van der Waals surface area contributed by atoms with Gasteiger partial charge in [0, 0.05) is 36.7 Å². The minimum absolute atomic E-state index is 0.254. The maximum Gasteiger partial charge on any atom is 0.0736 e. The summed E-state index contributed by atoms with van der Waals surface area (Å²) in [5.41, 5.74) is 5.50. The minimum Gasteiger partial charge on any atom is -0.373 e. The van der Waals surface area contributed by atoms with Crippen LogP contribution in [0.3, 0.4) is 0 Å². The number of nitrogens with one attached hydrogen (secondary N) is 1. The van der Waals surface area contributed by atoms with Gasteiger partial charge < -0.3 is 15.1 Å². The van der Waals surface area contributed by atoms with Crippen molar-refractivity contribution in [3.8, 4) is 0 Å². The number of thiophene rings is 1. The summed E-state index contributed by atoms with van der Waals surface area (Å²) in [7, 11) is 0. The predicted molar refractivity (Wildman–Crippen MR) is 133 cm³/mol. The first-order chi connectivity index (χ1) is 14.7. The molecule has 0 aliphatic carbocycles. The molecule has 4 heteroatoms. The zero-order chi connectivity index (χ0) is 21.1. The highest BCUT2D eigenvalue weighted by molar-refractivity contribution is 7.13. The molecular formula is C26H37N3S. The van der Waals surface area contributed by atoms with E-state index in [9.17, 15) is 0 Å². The van der Waals surface area contributed by atoms with Gasteiger partial charge in [0.1, 0.15) is 0 Å². The molecule has 0 radical (unpaired) electrons. The Labute approximate surface area is 186 Å². The van der Waals surface area contributed by atoms with Gasteiger partial charge in [-0.15, -0.1) is 11.3 Å². The van der Waals surface area contributed by atoms with E-state index in [1.807, 2.05) is 25.2 Å². The number of fused-ring (bicyclic) bond motifs is 1. The molecule has 3 nitrogen and oxygen atoms in total. The molecule has 4 heterocycles. The predicted octanol–water partition coefficient (Wildman–Crippen LogP) is 6.92. The Hall–Kier alpha value is -1.94. The van der Waals surface area contributed by atoms with Gasteiger partial charge in [0.05, 0.1) is 22.3 Å². The topological polar surface area (TPSA) is 18.5 Å². The minimum atomic E-state index is 0.254. The maximum atomic E-state index is 3.80. The third kappa shape index (κ3) is 4.25. The molecule has 0 bridgehead atoms. The van der Waals surface area contributed by atoms with Crippen LogP contribution >= 0.6 is 11.3 Å². The molecule has 2 atom stereocenters.